The second-order valence-corrected chi connectivity index (χ2v) is 2.95. The van der Waals surface area contributed by atoms with Crippen LogP contribution in [0.15, 0.2) is 24.7 Å². The van der Waals surface area contributed by atoms with Gasteiger partial charge in [0.1, 0.15) is 18.5 Å². The van der Waals surface area contributed by atoms with E-state index in [1.807, 2.05) is 12.1 Å². The molecule has 6 nitrogen and oxygen atoms in total. The minimum atomic E-state index is 0.0625. The molecule has 0 aromatic carbocycles. The van der Waals surface area contributed by atoms with Gasteiger partial charge in [0, 0.05) is 6.20 Å². The molecule has 0 saturated carbocycles. The van der Waals surface area contributed by atoms with Crippen molar-refractivity contribution in [2.75, 3.05) is 5.73 Å². The van der Waals surface area contributed by atoms with Gasteiger partial charge >= 0.3 is 0 Å². The summed E-state index contributed by atoms with van der Waals surface area (Å²) in [6.45, 7) is 0. The topological polar surface area (TPSA) is 104 Å². The van der Waals surface area contributed by atoms with Crippen LogP contribution in [0.3, 0.4) is 0 Å². The first-order valence-corrected chi connectivity index (χ1v) is 4.36. The maximum Gasteiger partial charge on any atom is 0.177 e. The van der Waals surface area contributed by atoms with Gasteiger partial charge < -0.3 is 5.73 Å². The first-order valence-electron chi connectivity index (χ1n) is 4.36. The van der Waals surface area contributed by atoms with E-state index in [0.717, 1.165) is 0 Å². The smallest absolute Gasteiger partial charge is 0.177 e. The van der Waals surface area contributed by atoms with Crippen molar-refractivity contribution in [1.82, 2.24) is 14.5 Å². The second-order valence-electron chi connectivity index (χ2n) is 2.95. The zero-order valence-corrected chi connectivity index (χ0v) is 8.12. The van der Waals surface area contributed by atoms with E-state index in [2.05, 4.69) is 9.97 Å². The van der Waals surface area contributed by atoms with Crippen molar-refractivity contribution in [2.45, 2.75) is 0 Å². The number of rotatable bonds is 1. The fourth-order valence-electron chi connectivity index (χ4n) is 1.31. The molecule has 0 amide bonds. The molecule has 0 bridgehead atoms. The van der Waals surface area contributed by atoms with Crippen molar-refractivity contribution in [3.8, 4) is 18.0 Å². The summed E-state index contributed by atoms with van der Waals surface area (Å²) in [7, 11) is 0. The van der Waals surface area contributed by atoms with Crippen LogP contribution in [-0.4, -0.2) is 14.5 Å². The fraction of sp³-hybridized carbons (Fsp3) is 0. The third-order valence-corrected chi connectivity index (χ3v) is 2.02. The number of hydrogen-bond donors (Lipinski definition) is 1. The van der Waals surface area contributed by atoms with Crippen molar-refractivity contribution in [3.63, 3.8) is 0 Å². The van der Waals surface area contributed by atoms with Crippen LogP contribution in [0.5, 0.6) is 0 Å². The molecule has 0 saturated heterocycles. The highest BCUT2D eigenvalue weighted by molar-refractivity contribution is 5.55. The number of anilines is 1. The number of hydrogen-bond acceptors (Lipinski definition) is 5. The Morgan fingerprint density at radius 2 is 2.06 bits per heavy atom. The molecule has 0 unspecified atom stereocenters. The molecule has 2 aromatic heterocycles. The molecular weight excluding hydrogens is 204 g/mol. The molecule has 16 heavy (non-hydrogen) atoms. The summed E-state index contributed by atoms with van der Waals surface area (Å²) in [4.78, 5) is 7.85. The quantitative estimate of drug-likeness (QED) is 0.741. The van der Waals surface area contributed by atoms with Gasteiger partial charge in [0.2, 0.25) is 0 Å². The van der Waals surface area contributed by atoms with Crippen LogP contribution >= 0.6 is 0 Å². The third kappa shape index (κ3) is 1.35. The van der Waals surface area contributed by atoms with Crippen molar-refractivity contribution < 1.29 is 0 Å². The monoisotopic (exact) mass is 210 g/mol. The molecule has 0 aliphatic rings. The second kappa shape index (κ2) is 3.71. The summed E-state index contributed by atoms with van der Waals surface area (Å²) in [5, 5.41) is 17.7. The number of nitriles is 2. The standard InChI is InChI=1S/C10H6N6/c11-4-8-9(5-12)16(6-15-8)10-7(13)2-1-3-14-10/h1-3,6H,13H2. The Bertz CT molecular complexity index is 613. The first kappa shape index (κ1) is 9.69. The molecule has 0 radical (unpaired) electrons. The zero-order valence-electron chi connectivity index (χ0n) is 8.12. The number of nitrogens with two attached hydrogens (primary N) is 1. The van der Waals surface area contributed by atoms with E-state index < -0.39 is 0 Å². The Hall–Kier alpha value is -2.86. The Kier molecular flexibility index (Phi) is 2.25. The maximum absolute atomic E-state index is 8.94. The third-order valence-electron chi connectivity index (χ3n) is 2.02. The normalized spacial score (nSPS) is 9.38. The Morgan fingerprint density at radius 1 is 1.25 bits per heavy atom. The predicted octanol–water partition coefficient (Wildman–Crippen LogP) is 0.593. The highest BCUT2D eigenvalue weighted by Crippen LogP contribution is 2.16. The van der Waals surface area contributed by atoms with E-state index in [-0.39, 0.29) is 11.4 Å². The molecule has 0 atom stereocenters. The van der Waals surface area contributed by atoms with Gasteiger partial charge in [-0.05, 0) is 12.1 Å². The van der Waals surface area contributed by atoms with E-state index in [1.54, 1.807) is 18.3 Å². The molecule has 0 fully saturated rings. The number of aromatic nitrogens is 3. The molecular formula is C10H6N6. The molecule has 6 heteroatoms. The highest BCUT2D eigenvalue weighted by Gasteiger charge is 2.13. The van der Waals surface area contributed by atoms with E-state index >= 15 is 0 Å². The molecule has 76 valence electrons. The minimum Gasteiger partial charge on any atom is -0.396 e. The summed E-state index contributed by atoms with van der Waals surface area (Å²) in [6, 6.07) is 7.09. The van der Waals surface area contributed by atoms with Crippen molar-refractivity contribution in [1.29, 1.82) is 10.5 Å². The van der Waals surface area contributed by atoms with E-state index in [9.17, 15) is 0 Å². The van der Waals surface area contributed by atoms with E-state index in [0.29, 0.717) is 11.5 Å². The fourth-order valence-corrected chi connectivity index (χ4v) is 1.31. The van der Waals surface area contributed by atoms with Crippen LogP contribution in [0.4, 0.5) is 5.69 Å². The van der Waals surface area contributed by atoms with Gasteiger partial charge in [-0.15, -0.1) is 0 Å². The Morgan fingerprint density at radius 3 is 2.69 bits per heavy atom. The van der Waals surface area contributed by atoms with Crippen LogP contribution in [0, 0.1) is 22.7 Å². The lowest BCUT2D eigenvalue weighted by molar-refractivity contribution is 0.980. The lowest BCUT2D eigenvalue weighted by Crippen LogP contribution is -2.03. The molecule has 2 aromatic rings. The van der Waals surface area contributed by atoms with Gasteiger partial charge in [-0.3, -0.25) is 4.57 Å². The number of nitrogen functional groups attached to an aromatic ring is 1. The molecule has 2 N–H and O–H groups in total. The molecule has 2 heterocycles. The molecule has 2 rings (SSSR count). The van der Waals surface area contributed by atoms with Crippen LogP contribution in [-0.2, 0) is 0 Å². The number of pyridine rings is 1. The molecule has 0 spiro atoms. The van der Waals surface area contributed by atoms with Crippen LogP contribution in [0.2, 0.25) is 0 Å². The Labute approximate surface area is 91.2 Å². The zero-order chi connectivity index (χ0) is 11.5. The first-order chi connectivity index (χ1) is 7.77. The van der Waals surface area contributed by atoms with Gasteiger partial charge in [0.05, 0.1) is 5.69 Å². The average molecular weight is 210 g/mol. The minimum absolute atomic E-state index is 0.0625. The molecule has 0 aliphatic carbocycles. The number of imidazole rings is 1. The summed E-state index contributed by atoms with van der Waals surface area (Å²) >= 11 is 0. The highest BCUT2D eigenvalue weighted by atomic mass is 15.1. The van der Waals surface area contributed by atoms with Gasteiger partial charge in [-0.1, -0.05) is 0 Å². The van der Waals surface area contributed by atoms with Crippen molar-refractivity contribution in [3.05, 3.63) is 36.0 Å². The van der Waals surface area contributed by atoms with Gasteiger partial charge in [-0.25, -0.2) is 9.97 Å². The lowest BCUT2D eigenvalue weighted by Gasteiger charge is -2.04. The van der Waals surface area contributed by atoms with Crippen LogP contribution in [0.25, 0.3) is 5.82 Å². The maximum atomic E-state index is 8.94. The Balaban J connectivity index is 2.68. The summed E-state index contributed by atoms with van der Waals surface area (Å²) in [5.41, 5.74) is 6.34. The average Bonchev–Trinajstić information content (AvgIpc) is 2.72. The van der Waals surface area contributed by atoms with Gasteiger partial charge in [0.15, 0.2) is 17.2 Å². The largest absolute Gasteiger partial charge is 0.396 e. The SMILES string of the molecule is N#Cc1ncn(-c2ncccc2N)c1C#N. The lowest BCUT2D eigenvalue weighted by atomic mass is 10.3. The summed E-state index contributed by atoms with van der Waals surface area (Å²) in [5.74, 6) is 0.396. The number of nitrogens with zero attached hydrogens (tertiary/aromatic N) is 5. The van der Waals surface area contributed by atoms with E-state index in [4.69, 9.17) is 16.3 Å². The van der Waals surface area contributed by atoms with Crippen molar-refractivity contribution >= 4 is 5.69 Å². The van der Waals surface area contributed by atoms with Crippen molar-refractivity contribution in [2.24, 2.45) is 0 Å². The van der Waals surface area contributed by atoms with Crippen LogP contribution in [0.1, 0.15) is 11.4 Å². The molecule has 0 aliphatic heterocycles. The van der Waals surface area contributed by atoms with E-state index in [1.165, 1.54) is 10.9 Å². The van der Waals surface area contributed by atoms with Gasteiger partial charge in [-0.2, -0.15) is 10.5 Å². The summed E-state index contributed by atoms with van der Waals surface area (Å²) in [6.07, 6.45) is 2.91. The van der Waals surface area contributed by atoms with Crippen LogP contribution < -0.4 is 5.73 Å². The summed E-state index contributed by atoms with van der Waals surface area (Å²) < 4.78 is 1.40. The predicted molar refractivity (Wildman–Crippen MR) is 55.2 cm³/mol. The van der Waals surface area contributed by atoms with Gasteiger partial charge in [0.25, 0.3) is 0 Å².